The molecule has 0 aliphatic heterocycles. The molecule has 6 heteroatoms. The minimum Gasteiger partial charge on any atom is -0.451 e. The van der Waals surface area contributed by atoms with E-state index in [1.54, 1.807) is 30.3 Å². The molecule has 22 heavy (non-hydrogen) atoms. The third kappa shape index (κ3) is 2.93. The molecule has 0 aliphatic carbocycles. The molecule has 5 nitrogen and oxygen atoms in total. The van der Waals surface area contributed by atoms with Gasteiger partial charge in [-0.05, 0) is 34.5 Å². The van der Waals surface area contributed by atoms with Crippen LogP contribution in [0.4, 0.5) is 0 Å². The molecule has 0 fully saturated rings. The monoisotopic (exact) mass is 315 g/mol. The topological polar surface area (TPSA) is 79.5 Å². The van der Waals surface area contributed by atoms with Crippen molar-refractivity contribution in [2.24, 2.45) is 0 Å². The summed E-state index contributed by atoms with van der Waals surface area (Å²) < 4.78 is 5.44. The Hall–Kier alpha value is -2.44. The fourth-order valence-corrected chi connectivity index (χ4v) is 2.78. The van der Waals surface area contributed by atoms with E-state index in [0.29, 0.717) is 11.0 Å². The van der Waals surface area contributed by atoms with Crippen LogP contribution in [0.2, 0.25) is 0 Å². The third-order valence-corrected chi connectivity index (χ3v) is 3.94. The largest absolute Gasteiger partial charge is 0.451 e. The Labute approximate surface area is 129 Å². The van der Waals surface area contributed by atoms with E-state index in [4.69, 9.17) is 4.42 Å². The summed E-state index contributed by atoms with van der Waals surface area (Å²) in [5, 5.41) is 16.6. The van der Waals surface area contributed by atoms with E-state index in [0.717, 1.165) is 11.6 Å². The molecule has 1 aromatic carbocycles. The molecule has 2 heterocycles. The molecule has 0 radical (unpaired) electrons. The van der Waals surface area contributed by atoms with E-state index in [-0.39, 0.29) is 17.7 Å². The third-order valence-electron chi connectivity index (χ3n) is 3.24. The van der Waals surface area contributed by atoms with Crippen LogP contribution in [-0.2, 0) is 0 Å². The molecule has 1 atom stereocenters. The summed E-state index contributed by atoms with van der Waals surface area (Å²) in [6, 6.07) is 9.69. The summed E-state index contributed by atoms with van der Waals surface area (Å²) in [6.07, 6.45) is -0.789. The highest BCUT2D eigenvalue weighted by atomic mass is 32.1. The van der Waals surface area contributed by atoms with E-state index in [2.05, 4.69) is 5.32 Å². The van der Waals surface area contributed by atoms with Crippen LogP contribution in [0.1, 0.15) is 22.2 Å². The Bertz CT molecular complexity index is 854. The number of para-hydroxylation sites is 1. The smallest absolute Gasteiger partial charge is 0.287 e. The van der Waals surface area contributed by atoms with Crippen molar-refractivity contribution < 1.29 is 14.3 Å². The van der Waals surface area contributed by atoms with Crippen molar-refractivity contribution in [1.82, 2.24) is 5.32 Å². The van der Waals surface area contributed by atoms with Crippen molar-refractivity contribution in [3.05, 3.63) is 68.7 Å². The number of carbonyl (C=O) groups excluding carboxylic acids is 1. The lowest BCUT2D eigenvalue weighted by Crippen LogP contribution is -2.28. The number of rotatable bonds is 4. The highest BCUT2D eigenvalue weighted by molar-refractivity contribution is 7.07. The van der Waals surface area contributed by atoms with Gasteiger partial charge in [0.15, 0.2) is 11.2 Å². The zero-order chi connectivity index (χ0) is 15.5. The van der Waals surface area contributed by atoms with E-state index in [1.165, 1.54) is 11.3 Å². The van der Waals surface area contributed by atoms with Crippen LogP contribution < -0.4 is 10.7 Å². The zero-order valence-electron chi connectivity index (χ0n) is 11.5. The first-order chi connectivity index (χ1) is 10.6. The van der Waals surface area contributed by atoms with Gasteiger partial charge in [-0.2, -0.15) is 11.3 Å². The number of hydrogen-bond donors (Lipinski definition) is 2. The summed E-state index contributed by atoms with van der Waals surface area (Å²) in [5.74, 6) is -0.599. The lowest BCUT2D eigenvalue weighted by atomic mass is 10.2. The first-order valence-corrected chi connectivity index (χ1v) is 7.60. The standard InChI is InChI=1S/C16H13NO4S/c18-12-7-15(21-14-4-2-1-3-11(12)14)16(20)17-8-13(19)10-5-6-22-9-10/h1-7,9,13,19H,8H2,(H,17,20)/t13-/m1/s1. The molecule has 0 saturated heterocycles. The molecule has 112 valence electrons. The van der Waals surface area contributed by atoms with Crippen molar-refractivity contribution in [2.75, 3.05) is 6.54 Å². The van der Waals surface area contributed by atoms with Crippen LogP contribution in [-0.4, -0.2) is 17.6 Å². The summed E-state index contributed by atoms with van der Waals surface area (Å²) in [5.41, 5.74) is 0.828. The van der Waals surface area contributed by atoms with Gasteiger partial charge in [-0.1, -0.05) is 12.1 Å². The van der Waals surface area contributed by atoms with Gasteiger partial charge >= 0.3 is 0 Å². The number of hydrogen-bond acceptors (Lipinski definition) is 5. The lowest BCUT2D eigenvalue weighted by molar-refractivity contribution is 0.0890. The van der Waals surface area contributed by atoms with Crippen LogP contribution >= 0.6 is 11.3 Å². The van der Waals surface area contributed by atoms with Crippen LogP contribution in [0, 0.1) is 0 Å². The van der Waals surface area contributed by atoms with E-state index in [1.807, 2.05) is 10.8 Å². The molecule has 0 bridgehead atoms. The molecule has 1 amide bonds. The number of nitrogens with one attached hydrogen (secondary N) is 1. The Kier molecular flexibility index (Phi) is 4.04. The SMILES string of the molecule is O=C(NC[C@@H](O)c1ccsc1)c1cc(=O)c2ccccc2o1. The highest BCUT2D eigenvalue weighted by Crippen LogP contribution is 2.16. The summed E-state index contributed by atoms with van der Waals surface area (Å²) in [7, 11) is 0. The number of amides is 1. The van der Waals surface area contributed by atoms with Crippen molar-refractivity contribution >= 4 is 28.2 Å². The van der Waals surface area contributed by atoms with Crippen molar-refractivity contribution in [3.63, 3.8) is 0 Å². The summed E-state index contributed by atoms with van der Waals surface area (Å²) in [4.78, 5) is 24.0. The average Bonchev–Trinajstić information content (AvgIpc) is 3.06. The van der Waals surface area contributed by atoms with Gasteiger partial charge in [-0.25, -0.2) is 0 Å². The fourth-order valence-electron chi connectivity index (χ4n) is 2.07. The minimum absolute atomic E-state index is 0.0477. The Balaban J connectivity index is 1.76. The predicted octanol–water partition coefficient (Wildman–Crippen LogP) is 2.32. The molecule has 0 unspecified atom stereocenters. The van der Waals surface area contributed by atoms with Crippen molar-refractivity contribution in [3.8, 4) is 0 Å². The van der Waals surface area contributed by atoms with E-state index < -0.39 is 12.0 Å². The van der Waals surface area contributed by atoms with Crippen molar-refractivity contribution in [1.29, 1.82) is 0 Å². The molecule has 0 spiro atoms. The van der Waals surface area contributed by atoms with Gasteiger partial charge in [0.2, 0.25) is 0 Å². The van der Waals surface area contributed by atoms with Gasteiger partial charge in [0.05, 0.1) is 11.5 Å². The van der Waals surface area contributed by atoms with Crippen LogP contribution in [0.3, 0.4) is 0 Å². The maximum absolute atomic E-state index is 12.1. The van der Waals surface area contributed by atoms with Crippen molar-refractivity contribution in [2.45, 2.75) is 6.10 Å². The normalized spacial score (nSPS) is 12.2. The number of carbonyl (C=O) groups is 1. The molecule has 3 rings (SSSR count). The molecule has 0 saturated carbocycles. The van der Waals surface area contributed by atoms with E-state index in [9.17, 15) is 14.7 Å². The second-order valence-corrected chi connectivity index (χ2v) is 5.53. The Morgan fingerprint density at radius 3 is 2.91 bits per heavy atom. The van der Waals surface area contributed by atoms with E-state index >= 15 is 0 Å². The summed E-state index contributed by atoms with van der Waals surface area (Å²) >= 11 is 1.47. The summed E-state index contributed by atoms with van der Waals surface area (Å²) in [6.45, 7) is 0.0477. The predicted molar refractivity (Wildman–Crippen MR) is 84.1 cm³/mol. The van der Waals surface area contributed by atoms with Gasteiger partial charge in [0.1, 0.15) is 5.58 Å². The fraction of sp³-hybridized carbons (Fsp3) is 0.125. The van der Waals surface area contributed by atoms with Gasteiger partial charge in [-0.3, -0.25) is 9.59 Å². The second kappa shape index (κ2) is 6.13. The van der Waals surface area contributed by atoms with Crippen LogP contribution in [0.5, 0.6) is 0 Å². The van der Waals surface area contributed by atoms with Crippen LogP contribution in [0.15, 0.2) is 56.4 Å². The Morgan fingerprint density at radius 2 is 2.14 bits per heavy atom. The minimum atomic E-state index is -0.789. The maximum atomic E-state index is 12.1. The van der Waals surface area contributed by atoms with Gasteiger partial charge < -0.3 is 14.8 Å². The van der Waals surface area contributed by atoms with Gasteiger partial charge in [0, 0.05) is 12.6 Å². The number of aliphatic hydroxyl groups is 1. The Morgan fingerprint density at radius 1 is 1.32 bits per heavy atom. The first-order valence-electron chi connectivity index (χ1n) is 6.66. The molecule has 0 aliphatic rings. The number of thiophene rings is 1. The number of benzene rings is 1. The molecule has 2 N–H and O–H groups in total. The number of aliphatic hydroxyl groups excluding tert-OH is 1. The molecule has 3 aromatic rings. The second-order valence-electron chi connectivity index (χ2n) is 4.75. The molecular formula is C16H13NO4S. The zero-order valence-corrected chi connectivity index (χ0v) is 12.3. The quantitative estimate of drug-likeness (QED) is 0.774. The molecular weight excluding hydrogens is 302 g/mol. The maximum Gasteiger partial charge on any atom is 0.287 e. The number of fused-ring (bicyclic) bond motifs is 1. The molecule has 2 aromatic heterocycles. The van der Waals surface area contributed by atoms with Crippen LogP contribution in [0.25, 0.3) is 11.0 Å². The van der Waals surface area contributed by atoms with Gasteiger partial charge in [-0.15, -0.1) is 0 Å². The highest BCUT2D eigenvalue weighted by Gasteiger charge is 2.14. The first kappa shape index (κ1) is 14.5. The lowest BCUT2D eigenvalue weighted by Gasteiger charge is -2.10. The van der Waals surface area contributed by atoms with Gasteiger partial charge in [0.25, 0.3) is 5.91 Å². The average molecular weight is 315 g/mol.